The van der Waals surface area contributed by atoms with Crippen LogP contribution in [0.15, 0.2) is 43.1 Å². The largest absolute Gasteiger partial charge is 0.434 e. The maximum absolute atomic E-state index is 10.9. The van der Waals surface area contributed by atoms with Gasteiger partial charge in [-0.15, -0.1) is 0 Å². The molecule has 0 unspecified atom stereocenters. The Hall–Kier alpha value is -2.67. The summed E-state index contributed by atoms with van der Waals surface area (Å²) in [7, 11) is 0. The fourth-order valence-electron chi connectivity index (χ4n) is 2.15. The van der Waals surface area contributed by atoms with Crippen molar-refractivity contribution in [2.75, 3.05) is 0 Å². The van der Waals surface area contributed by atoms with Crippen molar-refractivity contribution in [3.8, 4) is 5.69 Å². The second-order valence-electron chi connectivity index (χ2n) is 4.82. The first-order valence-electron chi connectivity index (χ1n) is 6.49. The fourth-order valence-corrected chi connectivity index (χ4v) is 2.26. The van der Waals surface area contributed by atoms with Crippen LogP contribution in [0.1, 0.15) is 11.3 Å². The molecule has 0 atom stereocenters. The van der Waals surface area contributed by atoms with Crippen LogP contribution in [0.5, 0.6) is 0 Å². The molecule has 1 aromatic carbocycles. The molecular weight excluding hydrogens is 306 g/mol. The van der Waals surface area contributed by atoms with Crippen molar-refractivity contribution < 1.29 is 4.92 Å². The average molecular weight is 318 g/mol. The van der Waals surface area contributed by atoms with E-state index in [0.717, 1.165) is 11.3 Å². The second kappa shape index (κ2) is 5.61. The molecule has 3 rings (SSSR count). The summed E-state index contributed by atoms with van der Waals surface area (Å²) in [5, 5.41) is 11.6. The number of nitro groups is 1. The minimum Gasteiger partial charge on any atom is -0.390 e. The first kappa shape index (κ1) is 14.3. The molecule has 0 amide bonds. The van der Waals surface area contributed by atoms with Crippen LogP contribution < -0.4 is 0 Å². The first-order valence-corrected chi connectivity index (χ1v) is 6.87. The molecule has 2 aromatic heterocycles. The molecule has 0 saturated heterocycles. The van der Waals surface area contributed by atoms with Crippen molar-refractivity contribution >= 4 is 17.5 Å². The molecule has 0 aliphatic carbocycles. The normalized spacial score (nSPS) is 10.8. The Bertz CT molecular complexity index is 839. The van der Waals surface area contributed by atoms with Gasteiger partial charge >= 0.3 is 5.95 Å². The number of hydrogen-bond donors (Lipinski definition) is 0. The fraction of sp³-hybridized carbons (Fsp3) is 0.143. The Morgan fingerprint density at radius 1 is 1.36 bits per heavy atom. The molecule has 0 fully saturated rings. The van der Waals surface area contributed by atoms with Gasteiger partial charge in [0, 0.05) is 16.9 Å². The second-order valence-corrected chi connectivity index (χ2v) is 5.23. The molecule has 3 aromatic rings. The van der Waals surface area contributed by atoms with Crippen LogP contribution in [-0.2, 0) is 6.54 Å². The Labute approximate surface area is 131 Å². The van der Waals surface area contributed by atoms with Gasteiger partial charge in [0.15, 0.2) is 0 Å². The lowest BCUT2D eigenvalue weighted by Gasteiger charge is -2.04. The highest BCUT2D eigenvalue weighted by Crippen LogP contribution is 2.19. The maximum Gasteiger partial charge on any atom is 0.434 e. The van der Waals surface area contributed by atoms with Gasteiger partial charge in [-0.2, -0.15) is 0 Å². The number of nitrogens with zero attached hydrogens (tertiary/aromatic N) is 5. The van der Waals surface area contributed by atoms with E-state index in [4.69, 9.17) is 11.6 Å². The van der Waals surface area contributed by atoms with Crippen molar-refractivity contribution in [2.45, 2.75) is 13.5 Å². The van der Waals surface area contributed by atoms with Crippen LogP contribution in [0.25, 0.3) is 5.69 Å². The molecular formula is C14H12ClN5O2. The summed E-state index contributed by atoms with van der Waals surface area (Å²) >= 11 is 6.02. The average Bonchev–Trinajstić information content (AvgIpc) is 3.11. The summed E-state index contributed by atoms with van der Waals surface area (Å²) in [5.74, 6) is -0.197. The first-order chi connectivity index (χ1) is 10.5. The van der Waals surface area contributed by atoms with E-state index >= 15 is 0 Å². The number of hydrogen-bond acceptors (Lipinski definition) is 4. The van der Waals surface area contributed by atoms with E-state index < -0.39 is 4.92 Å². The number of benzene rings is 1. The van der Waals surface area contributed by atoms with Crippen LogP contribution in [0.4, 0.5) is 5.95 Å². The molecule has 0 aliphatic rings. The zero-order valence-corrected chi connectivity index (χ0v) is 12.4. The van der Waals surface area contributed by atoms with Gasteiger partial charge in [0.2, 0.25) is 0 Å². The SMILES string of the molecule is Cc1cc(-n2cnc(Cn3ccnc3[N+](=O)[O-])c2)ccc1Cl. The summed E-state index contributed by atoms with van der Waals surface area (Å²) in [4.78, 5) is 18.3. The Morgan fingerprint density at radius 3 is 2.91 bits per heavy atom. The zero-order chi connectivity index (χ0) is 15.7. The third kappa shape index (κ3) is 2.71. The van der Waals surface area contributed by atoms with Crippen molar-refractivity contribution in [3.05, 3.63) is 69.5 Å². The van der Waals surface area contributed by atoms with E-state index in [2.05, 4.69) is 9.97 Å². The van der Waals surface area contributed by atoms with Gasteiger partial charge < -0.3 is 14.7 Å². The van der Waals surface area contributed by atoms with Gasteiger partial charge in [-0.25, -0.2) is 9.55 Å². The minimum atomic E-state index is -0.514. The molecule has 0 radical (unpaired) electrons. The van der Waals surface area contributed by atoms with Gasteiger partial charge in [-0.1, -0.05) is 16.6 Å². The molecule has 0 aliphatic heterocycles. The standard InChI is InChI=1S/C14H12ClN5O2/c1-10-6-12(2-3-13(10)15)19-8-11(17-9-19)7-18-5-4-16-14(18)20(21)22/h2-6,8-9H,7H2,1H3. The molecule has 22 heavy (non-hydrogen) atoms. The topological polar surface area (TPSA) is 78.8 Å². The predicted molar refractivity (Wildman–Crippen MR) is 81.3 cm³/mol. The van der Waals surface area contributed by atoms with Crippen molar-refractivity contribution in [3.63, 3.8) is 0 Å². The van der Waals surface area contributed by atoms with Gasteiger partial charge in [0.05, 0.1) is 12.0 Å². The minimum absolute atomic E-state index is 0.197. The van der Waals surface area contributed by atoms with Crippen LogP contribution in [0.3, 0.4) is 0 Å². The molecule has 0 bridgehead atoms. The molecule has 2 heterocycles. The third-order valence-electron chi connectivity index (χ3n) is 3.26. The molecule has 0 saturated carbocycles. The van der Waals surface area contributed by atoms with Crippen molar-refractivity contribution in [1.82, 2.24) is 19.1 Å². The van der Waals surface area contributed by atoms with Crippen LogP contribution in [0, 0.1) is 17.0 Å². The monoisotopic (exact) mass is 317 g/mol. The van der Waals surface area contributed by atoms with E-state index in [0.29, 0.717) is 10.7 Å². The molecule has 0 N–H and O–H groups in total. The van der Waals surface area contributed by atoms with Crippen LogP contribution in [0.2, 0.25) is 5.02 Å². The number of aryl methyl sites for hydroxylation is 1. The molecule has 8 heteroatoms. The number of halogens is 1. The molecule has 112 valence electrons. The van der Waals surface area contributed by atoms with E-state index in [1.807, 2.05) is 35.9 Å². The summed E-state index contributed by atoms with van der Waals surface area (Å²) in [5.41, 5.74) is 2.61. The zero-order valence-electron chi connectivity index (χ0n) is 11.7. The lowest BCUT2D eigenvalue weighted by Crippen LogP contribution is -2.04. The van der Waals surface area contributed by atoms with Crippen molar-refractivity contribution in [1.29, 1.82) is 0 Å². The summed E-state index contributed by atoms with van der Waals surface area (Å²) < 4.78 is 3.29. The summed E-state index contributed by atoms with van der Waals surface area (Å²) in [6.45, 7) is 2.22. The Kier molecular flexibility index (Phi) is 3.64. The highest BCUT2D eigenvalue weighted by Gasteiger charge is 2.15. The van der Waals surface area contributed by atoms with Crippen molar-refractivity contribution in [2.24, 2.45) is 0 Å². The van der Waals surface area contributed by atoms with Gasteiger partial charge in [-0.05, 0) is 35.6 Å². The third-order valence-corrected chi connectivity index (χ3v) is 3.69. The van der Waals surface area contributed by atoms with Gasteiger partial charge in [0.25, 0.3) is 0 Å². The molecule has 7 nitrogen and oxygen atoms in total. The lowest BCUT2D eigenvalue weighted by atomic mass is 10.2. The smallest absolute Gasteiger partial charge is 0.390 e. The van der Waals surface area contributed by atoms with Gasteiger partial charge in [-0.3, -0.25) is 0 Å². The summed E-state index contributed by atoms with van der Waals surface area (Å²) in [6, 6.07) is 5.67. The predicted octanol–water partition coefficient (Wildman–Crippen LogP) is 2.99. The van der Waals surface area contributed by atoms with E-state index in [9.17, 15) is 10.1 Å². The number of imidazole rings is 2. The number of aromatic nitrogens is 4. The van der Waals surface area contributed by atoms with Gasteiger partial charge in [0.1, 0.15) is 18.9 Å². The Morgan fingerprint density at radius 2 is 2.18 bits per heavy atom. The highest BCUT2D eigenvalue weighted by molar-refractivity contribution is 6.31. The summed E-state index contributed by atoms with van der Waals surface area (Å²) in [6.07, 6.45) is 6.45. The highest BCUT2D eigenvalue weighted by atomic mass is 35.5. The van der Waals surface area contributed by atoms with E-state index in [1.165, 1.54) is 10.8 Å². The number of rotatable bonds is 4. The molecule has 0 spiro atoms. The van der Waals surface area contributed by atoms with Crippen LogP contribution in [-0.4, -0.2) is 24.0 Å². The Balaban J connectivity index is 1.86. The van der Waals surface area contributed by atoms with Crippen LogP contribution >= 0.6 is 11.6 Å². The maximum atomic E-state index is 10.9. The van der Waals surface area contributed by atoms with E-state index in [1.54, 1.807) is 12.5 Å². The quantitative estimate of drug-likeness (QED) is 0.547. The lowest BCUT2D eigenvalue weighted by molar-refractivity contribution is -0.396. The van der Waals surface area contributed by atoms with E-state index in [-0.39, 0.29) is 12.5 Å².